The fraction of sp³-hybridized carbons (Fsp3) is 0.750. The van der Waals surface area contributed by atoms with Crippen LogP contribution in [0.1, 0.15) is 25.7 Å². The molecule has 0 radical (unpaired) electrons. The van der Waals surface area contributed by atoms with Crippen LogP contribution in [0.3, 0.4) is 0 Å². The summed E-state index contributed by atoms with van der Waals surface area (Å²) >= 11 is 6.17. The Morgan fingerprint density at radius 2 is 1.95 bits per heavy atom. The number of fused-ring (bicyclic) bond motifs is 2. The summed E-state index contributed by atoms with van der Waals surface area (Å²) in [7, 11) is 1.87. The van der Waals surface area contributed by atoms with Crippen molar-refractivity contribution in [3.05, 3.63) is 11.5 Å². The Kier molecular flexibility index (Phi) is 3.86. The van der Waals surface area contributed by atoms with Gasteiger partial charge in [-0.25, -0.2) is 9.97 Å². The van der Waals surface area contributed by atoms with E-state index >= 15 is 0 Å². The zero-order valence-electron chi connectivity index (χ0n) is 13.1. The molecule has 1 N–H and O–H groups in total. The quantitative estimate of drug-likeness (QED) is 0.867. The van der Waals surface area contributed by atoms with Gasteiger partial charge in [-0.1, -0.05) is 18.0 Å². The molecule has 0 aromatic carbocycles. The van der Waals surface area contributed by atoms with Gasteiger partial charge in [0.1, 0.15) is 12.0 Å². The van der Waals surface area contributed by atoms with Crippen molar-refractivity contribution < 1.29 is 0 Å². The molecular weight excluding hydrogens is 298 g/mol. The molecular formula is C16H24ClN5. The smallest absolute Gasteiger partial charge is 0.157 e. The fourth-order valence-corrected chi connectivity index (χ4v) is 4.96. The number of anilines is 2. The predicted octanol–water partition coefficient (Wildman–Crippen LogP) is 2.48. The molecule has 2 aliphatic carbocycles. The van der Waals surface area contributed by atoms with Gasteiger partial charge in [-0.15, -0.1) is 0 Å². The van der Waals surface area contributed by atoms with Gasteiger partial charge < -0.3 is 10.2 Å². The minimum Gasteiger partial charge on any atom is -0.383 e. The fourth-order valence-electron chi connectivity index (χ4n) is 4.73. The summed E-state index contributed by atoms with van der Waals surface area (Å²) in [6, 6.07) is 0.846. The van der Waals surface area contributed by atoms with Crippen molar-refractivity contribution in [3.8, 4) is 0 Å². The minimum absolute atomic E-state index is 0.503. The van der Waals surface area contributed by atoms with E-state index in [0.717, 1.165) is 55.6 Å². The van der Waals surface area contributed by atoms with Crippen LogP contribution in [0, 0.1) is 11.8 Å². The maximum atomic E-state index is 6.17. The molecule has 1 aliphatic heterocycles. The molecule has 1 saturated heterocycles. The Balaban J connectivity index is 1.43. The van der Waals surface area contributed by atoms with Crippen LogP contribution in [-0.2, 0) is 0 Å². The van der Waals surface area contributed by atoms with Crippen molar-refractivity contribution in [2.24, 2.45) is 11.8 Å². The summed E-state index contributed by atoms with van der Waals surface area (Å²) in [5.74, 6) is 2.93. The number of rotatable bonds is 3. The van der Waals surface area contributed by atoms with Crippen LogP contribution in [0.4, 0.5) is 11.5 Å². The molecule has 0 amide bonds. The summed E-state index contributed by atoms with van der Waals surface area (Å²) < 4.78 is 0. The Morgan fingerprint density at radius 1 is 1.14 bits per heavy atom. The molecule has 22 heavy (non-hydrogen) atoms. The highest BCUT2D eigenvalue weighted by Crippen LogP contribution is 2.46. The standard InChI is InChI=1S/C16H24ClN5/c1-18-14-15(17)19-10-20-16(14)22-6-4-21(5-7-22)13-9-11-2-3-12(13)8-11/h10-13,18H,2-9H2,1H3. The number of halogens is 1. The highest BCUT2D eigenvalue weighted by atomic mass is 35.5. The Hall–Kier alpha value is -1.07. The van der Waals surface area contributed by atoms with Crippen molar-refractivity contribution in [1.82, 2.24) is 14.9 Å². The summed E-state index contributed by atoms with van der Waals surface area (Å²) in [6.07, 6.45) is 7.41. The van der Waals surface area contributed by atoms with Crippen LogP contribution in [0.15, 0.2) is 6.33 Å². The number of nitrogens with zero attached hydrogens (tertiary/aromatic N) is 4. The van der Waals surface area contributed by atoms with Crippen LogP contribution >= 0.6 is 11.6 Å². The van der Waals surface area contributed by atoms with Crippen LogP contribution < -0.4 is 10.2 Å². The molecule has 0 spiro atoms. The zero-order valence-corrected chi connectivity index (χ0v) is 13.9. The number of piperazine rings is 1. The number of hydrogen-bond acceptors (Lipinski definition) is 5. The number of aromatic nitrogens is 2. The van der Waals surface area contributed by atoms with Crippen molar-refractivity contribution in [3.63, 3.8) is 0 Å². The molecule has 3 unspecified atom stereocenters. The van der Waals surface area contributed by atoms with Crippen LogP contribution in [0.2, 0.25) is 5.15 Å². The van der Waals surface area contributed by atoms with Gasteiger partial charge in [0.2, 0.25) is 0 Å². The van der Waals surface area contributed by atoms with Crippen LogP contribution in [0.25, 0.3) is 0 Å². The van der Waals surface area contributed by atoms with Crippen molar-refractivity contribution in [1.29, 1.82) is 0 Å². The molecule has 2 saturated carbocycles. The zero-order chi connectivity index (χ0) is 15.1. The molecule has 3 atom stereocenters. The van der Waals surface area contributed by atoms with E-state index in [1.165, 1.54) is 25.7 Å². The molecule has 1 aromatic rings. The van der Waals surface area contributed by atoms with E-state index < -0.39 is 0 Å². The first-order valence-corrected chi connectivity index (χ1v) is 8.81. The van der Waals surface area contributed by atoms with Gasteiger partial charge in [-0.05, 0) is 31.1 Å². The van der Waals surface area contributed by atoms with Crippen molar-refractivity contribution in [2.45, 2.75) is 31.7 Å². The summed E-state index contributed by atoms with van der Waals surface area (Å²) in [5.41, 5.74) is 0.845. The van der Waals surface area contributed by atoms with Gasteiger partial charge in [-0.2, -0.15) is 0 Å². The lowest BCUT2D eigenvalue weighted by atomic mass is 9.93. The average Bonchev–Trinajstić information content (AvgIpc) is 3.18. The van der Waals surface area contributed by atoms with E-state index in [1.807, 2.05) is 7.05 Å². The molecule has 3 aliphatic rings. The third-order valence-electron chi connectivity index (χ3n) is 5.81. The number of hydrogen-bond donors (Lipinski definition) is 1. The molecule has 4 rings (SSSR count). The van der Waals surface area contributed by atoms with Crippen LogP contribution in [-0.4, -0.2) is 54.1 Å². The molecule has 1 aromatic heterocycles. The lowest BCUT2D eigenvalue weighted by Gasteiger charge is -2.41. The van der Waals surface area contributed by atoms with E-state index in [-0.39, 0.29) is 0 Å². The number of nitrogens with one attached hydrogen (secondary N) is 1. The summed E-state index contributed by atoms with van der Waals surface area (Å²) in [4.78, 5) is 13.6. The predicted molar refractivity (Wildman–Crippen MR) is 89.6 cm³/mol. The van der Waals surface area contributed by atoms with Gasteiger partial charge in [0, 0.05) is 39.3 Å². The Bertz CT molecular complexity index is 543. The maximum Gasteiger partial charge on any atom is 0.157 e. The van der Waals surface area contributed by atoms with E-state index in [2.05, 4.69) is 25.1 Å². The third kappa shape index (κ3) is 2.44. The third-order valence-corrected chi connectivity index (χ3v) is 6.10. The molecule has 6 heteroatoms. The minimum atomic E-state index is 0.503. The molecule has 5 nitrogen and oxygen atoms in total. The Morgan fingerprint density at radius 3 is 2.59 bits per heavy atom. The lowest BCUT2D eigenvalue weighted by molar-refractivity contribution is 0.134. The topological polar surface area (TPSA) is 44.3 Å². The highest BCUT2D eigenvalue weighted by molar-refractivity contribution is 6.32. The second-order valence-electron chi connectivity index (χ2n) is 6.88. The Labute approximate surface area is 137 Å². The highest BCUT2D eigenvalue weighted by Gasteiger charge is 2.42. The van der Waals surface area contributed by atoms with Gasteiger partial charge in [0.25, 0.3) is 0 Å². The monoisotopic (exact) mass is 321 g/mol. The van der Waals surface area contributed by atoms with Gasteiger partial charge >= 0.3 is 0 Å². The van der Waals surface area contributed by atoms with E-state index in [4.69, 9.17) is 11.6 Å². The second kappa shape index (κ2) is 5.85. The van der Waals surface area contributed by atoms with Gasteiger partial charge in [0.05, 0.1) is 0 Å². The maximum absolute atomic E-state index is 6.17. The molecule has 2 bridgehead atoms. The normalized spacial score (nSPS) is 31.7. The molecule has 3 fully saturated rings. The largest absolute Gasteiger partial charge is 0.383 e. The first kappa shape index (κ1) is 14.5. The van der Waals surface area contributed by atoms with E-state index in [1.54, 1.807) is 6.33 Å². The van der Waals surface area contributed by atoms with Crippen LogP contribution in [0.5, 0.6) is 0 Å². The first-order chi connectivity index (χ1) is 10.8. The first-order valence-electron chi connectivity index (χ1n) is 8.43. The molecule has 120 valence electrons. The van der Waals surface area contributed by atoms with Gasteiger partial charge in [0.15, 0.2) is 11.0 Å². The van der Waals surface area contributed by atoms with E-state index in [9.17, 15) is 0 Å². The summed E-state index contributed by atoms with van der Waals surface area (Å²) in [5, 5.41) is 3.64. The molecule has 2 heterocycles. The SMILES string of the molecule is CNc1c(Cl)ncnc1N1CCN(C2CC3CCC2C3)CC1. The summed E-state index contributed by atoms with van der Waals surface area (Å²) in [6.45, 7) is 4.32. The van der Waals surface area contributed by atoms with Crippen molar-refractivity contribution in [2.75, 3.05) is 43.4 Å². The average molecular weight is 322 g/mol. The lowest BCUT2D eigenvalue weighted by Crippen LogP contribution is -2.52. The van der Waals surface area contributed by atoms with Gasteiger partial charge in [-0.3, -0.25) is 4.90 Å². The van der Waals surface area contributed by atoms with E-state index in [0.29, 0.717) is 5.15 Å². The second-order valence-corrected chi connectivity index (χ2v) is 7.24. The van der Waals surface area contributed by atoms with Crippen molar-refractivity contribution >= 4 is 23.1 Å².